The monoisotopic (exact) mass is 298 g/mol. The average molecular weight is 298 g/mol. The van der Waals surface area contributed by atoms with Crippen LogP contribution < -0.4 is 5.56 Å². The molecule has 0 atom stereocenters. The van der Waals surface area contributed by atoms with Crippen molar-refractivity contribution < 1.29 is 9.90 Å². The number of fused-ring (bicyclic) bond motifs is 1. The van der Waals surface area contributed by atoms with Gasteiger partial charge >= 0.3 is 5.97 Å². The zero-order valence-corrected chi connectivity index (χ0v) is 11.9. The second-order valence-electron chi connectivity index (χ2n) is 4.96. The van der Waals surface area contributed by atoms with Crippen LogP contribution in [0.2, 0.25) is 0 Å². The highest BCUT2D eigenvalue weighted by Gasteiger charge is 2.15. The highest BCUT2D eigenvalue weighted by atomic mass is 16.4. The SMILES string of the molecule is Cc1nc2c(-c3ccncc3)c[nH]n2c(=O)c1CCC(=O)O. The van der Waals surface area contributed by atoms with Crippen molar-refractivity contribution in [1.29, 1.82) is 0 Å². The van der Waals surface area contributed by atoms with E-state index in [4.69, 9.17) is 5.11 Å². The molecular formula is C15H14N4O3. The molecule has 112 valence electrons. The van der Waals surface area contributed by atoms with Gasteiger partial charge in [-0.3, -0.25) is 19.7 Å². The molecule has 7 nitrogen and oxygen atoms in total. The predicted molar refractivity (Wildman–Crippen MR) is 79.7 cm³/mol. The van der Waals surface area contributed by atoms with Crippen LogP contribution >= 0.6 is 0 Å². The second kappa shape index (κ2) is 5.44. The summed E-state index contributed by atoms with van der Waals surface area (Å²) in [5.41, 5.74) is 2.94. The van der Waals surface area contributed by atoms with Gasteiger partial charge in [0.15, 0.2) is 5.65 Å². The van der Waals surface area contributed by atoms with Crippen LogP contribution in [-0.2, 0) is 11.2 Å². The first-order valence-corrected chi connectivity index (χ1v) is 6.79. The molecule has 3 rings (SSSR count). The molecule has 0 aliphatic rings. The van der Waals surface area contributed by atoms with Gasteiger partial charge in [0.05, 0.1) is 0 Å². The summed E-state index contributed by atoms with van der Waals surface area (Å²) in [4.78, 5) is 31.6. The van der Waals surface area contributed by atoms with Gasteiger partial charge in [-0.2, -0.15) is 0 Å². The third-order valence-corrected chi connectivity index (χ3v) is 3.54. The zero-order valence-electron chi connectivity index (χ0n) is 11.9. The van der Waals surface area contributed by atoms with Crippen molar-refractivity contribution in [3.05, 3.63) is 52.3 Å². The normalized spacial score (nSPS) is 11.0. The Bertz CT molecular complexity index is 896. The molecule has 3 heterocycles. The lowest BCUT2D eigenvalue weighted by atomic mass is 10.1. The van der Waals surface area contributed by atoms with Crippen LogP contribution in [0.3, 0.4) is 0 Å². The van der Waals surface area contributed by atoms with Gasteiger partial charge in [-0.1, -0.05) is 0 Å². The van der Waals surface area contributed by atoms with E-state index in [-0.39, 0.29) is 18.4 Å². The average Bonchev–Trinajstić information content (AvgIpc) is 2.91. The number of hydrogen-bond acceptors (Lipinski definition) is 4. The summed E-state index contributed by atoms with van der Waals surface area (Å²) >= 11 is 0. The first-order chi connectivity index (χ1) is 10.6. The Morgan fingerprint density at radius 3 is 2.77 bits per heavy atom. The van der Waals surface area contributed by atoms with Gasteiger partial charge in [-0.25, -0.2) is 9.50 Å². The van der Waals surface area contributed by atoms with Crippen molar-refractivity contribution in [2.75, 3.05) is 0 Å². The maximum atomic E-state index is 12.5. The van der Waals surface area contributed by atoms with Gasteiger partial charge in [0.25, 0.3) is 5.56 Å². The second-order valence-corrected chi connectivity index (χ2v) is 4.96. The summed E-state index contributed by atoms with van der Waals surface area (Å²) in [6.45, 7) is 1.72. The highest BCUT2D eigenvalue weighted by Crippen LogP contribution is 2.22. The number of nitrogens with one attached hydrogen (secondary N) is 1. The standard InChI is InChI=1S/C15H14N4O3/c1-9-11(2-3-13(20)21)15(22)19-14(18-9)12(8-17-19)10-4-6-16-7-5-10/h4-8,17H,2-3H2,1H3,(H,20,21). The molecule has 0 saturated heterocycles. The Hall–Kier alpha value is -2.96. The number of aryl methyl sites for hydroxylation is 1. The Morgan fingerprint density at radius 2 is 2.09 bits per heavy atom. The molecule has 0 aliphatic heterocycles. The molecule has 2 N–H and O–H groups in total. The molecule has 3 aromatic rings. The molecule has 0 bridgehead atoms. The minimum Gasteiger partial charge on any atom is -0.481 e. The van der Waals surface area contributed by atoms with Gasteiger partial charge in [0, 0.05) is 41.8 Å². The summed E-state index contributed by atoms with van der Waals surface area (Å²) in [5, 5.41) is 11.7. The number of aromatic nitrogens is 4. The van der Waals surface area contributed by atoms with E-state index in [0.717, 1.165) is 11.1 Å². The molecule has 0 amide bonds. The van der Waals surface area contributed by atoms with E-state index in [0.29, 0.717) is 16.9 Å². The number of hydrogen-bond donors (Lipinski definition) is 2. The maximum absolute atomic E-state index is 12.5. The molecular weight excluding hydrogens is 284 g/mol. The molecule has 22 heavy (non-hydrogen) atoms. The summed E-state index contributed by atoms with van der Waals surface area (Å²) < 4.78 is 1.35. The van der Waals surface area contributed by atoms with E-state index in [1.165, 1.54) is 4.52 Å². The van der Waals surface area contributed by atoms with Crippen molar-refractivity contribution in [3.8, 4) is 11.1 Å². The largest absolute Gasteiger partial charge is 0.481 e. The number of carboxylic acids is 1. The van der Waals surface area contributed by atoms with Crippen LogP contribution in [0.25, 0.3) is 16.8 Å². The Kier molecular flexibility index (Phi) is 3.46. The Balaban J connectivity index is 2.15. The number of carboxylic acid groups (broad SMARTS) is 1. The molecule has 3 aromatic heterocycles. The van der Waals surface area contributed by atoms with Crippen LogP contribution in [0.4, 0.5) is 0 Å². The molecule has 0 saturated carbocycles. The Morgan fingerprint density at radius 1 is 1.36 bits per heavy atom. The lowest BCUT2D eigenvalue weighted by Gasteiger charge is -2.05. The van der Waals surface area contributed by atoms with Gasteiger partial charge in [0.2, 0.25) is 0 Å². The smallest absolute Gasteiger partial charge is 0.303 e. The van der Waals surface area contributed by atoms with Gasteiger partial charge in [0.1, 0.15) is 0 Å². The molecule has 0 aliphatic carbocycles. The van der Waals surface area contributed by atoms with E-state index in [1.54, 1.807) is 25.5 Å². The third-order valence-electron chi connectivity index (χ3n) is 3.54. The fourth-order valence-electron chi connectivity index (χ4n) is 2.42. The molecule has 7 heteroatoms. The number of carbonyl (C=O) groups is 1. The van der Waals surface area contributed by atoms with Crippen LogP contribution in [0, 0.1) is 6.92 Å². The van der Waals surface area contributed by atoms with Crippen LogP contribution in [0.1, 0.15) is 17.7 Å². The number of H-pyrrole nitrogens is 1. The molecule has 0 unspecified atom stereocenters. The van der Waals surface area contributed by atoms with E-state index >= 15 is 0 Å². The lowest BCUT2D eigenvalue weighted by Crippen LogP contribution is -2.22. The first kappa shape index (κ1) is 14.0. The zero-order chi connectivity index (χ0) is 15.7. The number of rotatable bonds is 4. The number of aromatic amines is 1. The fraction of sp³-hybridized carbons (Fsp3) is 0.200. The van der Waals surface area contributed by atoms with Gasteiger partial charge < -0.3 is 5.11 Å². The van der Waals surface area contributed by atoms with E-state index in [2.05, 4.69) is 15.1 Å². The first-order valence-electron chi connectivity index (χ1n) is 6.79. The topological polar surface area (TPSA) is 100 Å². The van der Waals surface area contributed by atoms with E-state index < -0.39 is 5.97 Å². The minimum atomic E-state index is -0.937. The van der Waals surface area contributed by atoms with Crippen LogP contribution in [0.15, 0.2) is 35.5 Å². The van der Waals surface area contributed by atoms with Crippen molar-refractivity contribution >= 4 is 11.6 Å². The van der Waals surface area contributed by atoms with Gasteiger partial charge in [-0.15, -0.1) is 0 Å². The summed E-state index contributed by atoms with van der Waals surface area (Å²) in [5.74, 6) is -0.937. The molecule has 0 aromatic carbocycles. The number of pyridine rings is 1. The van der Waals surface area contributed by atoms with Crippen LogP contribution in [0.5, 0.6) is 0 Å². The fourth-order valence-corrected chi connectivity index (χ4v) is 2.42. The van der Waals surface area contributed by atoms with Crippen molar-refractivity contribution in [1.82, 2.24) is 19.6 Å². The van der Waals surface area contributed by atoms with Gasteiger partial charge in [-0.05, 0) is 31.0 Å². The Labute approximate surface area is 125 Å². The number of nitrogens with zero attached hydrogens (tertiary/aromatic N) is 3. The quantitative estimate of drug-likeness (QED) is 0.758. The summed E-state index contributed by atoms with van der Waals surface area (Å²) in [6, 6.07) is 3.67. The predicted octanol–water partition coefficient (Wildman–Crippen LogP) is 1.41. The highest BCUT2D eigenvalue weighted by molar-refractivity contribution is 5.76. The lowest BCUT2D eigenvalue weighted by molar-refractivity contribution is -0.136. The van der Waals surface area contributed by atoms with Crippen molar-refractivity contribution in [2.24, 2.45) is 0 Å². The maximum Gasteiger partial charge on any atom is 0.303 e. The third kappa shape index (κ3) is 2.37. The van der Waals surface area contributed by atoms with Crippen molar-refractivity contribution in [3.63, 3.8) is 0 Å². The van der Waals surface area contributed by atoms with E-state index in [1.807, 2.05) is 12.1 Å². The number of aliphatic carboxylic acids is 1. The van der Waals surface area contributed by atoms with Crippen LogP contribution in [-0.4, -0.2) is 30.7 Å². The minimum absolute atomic E-state index is 0.0955. The molecule has 0 radical (unpaired) electrons. The van der Waals surface area contributed by atoms with Crippen molar-refractivity contribution in [2.45, 2.75) is 19.8 Å². The molecule has 0 fully saturated rings. The summed E-state index contributed by atoms with van der Waals surface area (Å²) in [7, 11) is 0. The molecule has 0 spiro atoms. The summed E-state index contributed by atoms with van der Waals surface area (Å²) in [6.07, 6.45) is 5.12. The van der Waals surface area contributed by atoms with E-state index in [9.17, 15) is 9.59 Å².